The molecule has 3 rings (SSSR count). The number of hydrogen-bond acceptors (Lipinski definition) is 4. The van der Waals surface area contributed by atoms with Crippen LogP contribution in [-0.4, -0.2) is 40.7 Å². The van der Waals surface area contributed by atoms with Gasteiger partial charge in [0.15, 0.2) is 8.32 Å². The van der Waals surface area contributed by atoms with Crippen molar-refractivity contribution in [2.24, 2.45) is 23.2 Å². The lowest BCUT2D eigenvalue weighted by Gasteiger charge is -2.58. The molecule has 1 aromatic carbocycles. The van der Waals surface area contributed by atoms with Gasteiger partial charge in [0.1, 0.15) is 5.78 Å². The predicted molar refractivity (Wildman–Crippen MR) is 163 cm³/mol. The van der Waals surface area contributed by atoms with Crippen molar-refractivity contribution < 1.29 is 18.4 Å². The molecule has 6 heteroatoms. The molecular formula is C32H56O4Si2. The highest BCUT2D eigenvalue weighted by atomic mass is 28.4. The molecule has 0 radical (unpaired) electrons. The Bertz CT molecular complexity index is 919. The van der Waals surface area contributed by atoms with Crippen LogP contribution in [-0.2, 0) is 25.0 Å². The van der Waals surface area contributed by atoms with E-state index in [4.69, 9.17) is 13.6 Å². The fraction of sp³-hybridized carbons (Fsp3) is 0.781. The average molecular weight is 561 g/mol. The van der Waals surface area contributed by atoms with Crippen molar-refractivity contribution in [3.8, 4) is 0 Å². The number of carbonyl (C=O) groups excluding carboxylic acids is 1. The Kier molecular flexibility index (Phi) is 9.68. The van der Waals surface area contributed by atoms with Gasteiger partial charge in [-0.1, -0.05) is 92.6 Å². The minimum atomic E-state index is -2.10. The Morgan fingerprint density at radius 1 is 0.947 bits per heavy atom. The van der Waals surface area contributed by atoms with Crippen LogP contribution in [0.1, 0.15) is 80.7 Å². The van der Waals surface area contributed by atoms with Crippen molar-refractivity contribution in [3.05, 3.63) is 35.9 Å². The lowest BCUT2D eigenvalue weighted by atomic mass is 9.55. The van der Waals surface area contributed by atoms with Crippen LogP contribution in [0.15, 0.2) is 30.3 Å². The largest absolute Gasteiger partial charge is 0.413 e. The minimum absolute atomic E-state index is 0.0989. The molecule has 2 saturated carbocycles. The van der Waals surface area contributed by atoms with Gasteiger partial charge in [0.25, 0.3) is 0 Å². The number of ether oxygens (including phenoxy) is 1. The summed E-state index contributed by atoms with van der Waals surface area (Å²) in [5.74, 6) is 0.633. The molecule has 0 bridgehead atoms. The molecule has 6 atom stereocenters. The molecule has 0 heterocycles. The van der Waals surface area contributed by atoms with Crippen LogP contribution in [0, 0.1) is 23.2 Å². The number of Topliss-reactive ketones (excluding diaryl/α,β-unsaturated/α-hetero) is 1. The Morgan fingerprint density at radius 2 is 1.50 bits per heavy atom. The molecule has 0 N–H and O–H groups in total. The van der Waals surface area contributed by atoms with Crippen LogP contribution in [0.4, 0.5) is 0 Å². The highest BCUT2D eigenvalue weighted by Gasteiger charge is 2.69. The van der Waals surface area contributed by atoms with Crippen molar-refractivity contribution >= 4 is 22.4 Å². The first-order chi connectivity index (χ1) is 17.5. The topological polar surface area (TPSA) is 44.8 Å². The summed E-state index contributed by atoms with van der Waals surface area (Å²) >= 11 is 0. The molecule has 0 saturated heterocycles. The summed E-state index contributed by atoms with van der Waals surface area (Å²) in [4.78, 5) is 13.6. The molecule has 38 heavy (non-hydrogen) atoms. The zero-order valence-electron chi connectivity index (χ0n) is 26.4. The second-order valence-electron chi connectivity index (χ2n) is 14.5. The zero-order chi connectivity index (χ0) is 28.7. The Hall–Kier alpha value is -0.796. The van der Waals surface area contributed by atoms with E-state index in [-0.39, 0.29) is 23.9 Å². The number of hydrogen-bond donors (Lipinski definition) is 0. The number of fused-ring (bicyclic) bond motifs is 1. The third kappa shape index (κ3) is 5.67. The summed E-state index contributed by atoms with van der Waals surface area (Å²) in [5, 5.41) is 0. The van der Waals surface area contributed by atoms with Crippen molar-refractivity contribution in [3.63, 3.8) is 0 Å². The quantitative estimate of drug-likeness (QED) is 0.254. The first-order valence-electron chi connectivity index (χ1n) is 15.0. The summed E-state index contributed by atoms with van der Waals surface area (Å²) in [7, 11) is -4.08. The van der Waals surface area contributed by atoms with Gasteiger partial charge < -0.3 is 13.6 Å². The molecule has 0 aromatic heterocycles. The maximum atomic E-state index is 13.6. The van der Waals surface area contributed by atoms with Gasteiger partial charge in [0.2, 0.25) is 8.32 Å². The van der Waals surface area contributed by atoms with Gasteiger partial charge >= 0.3 is 0 Å². The number of carbonyl (C=O) groups is 1. The van der Waals surface area contributed by atoms with Gasteiger partial charge in [0.05, 0.1) is 24.9 Å². The Balaban J connectivity index is 2.05. The molecule has 1 aromatic rings. The molecule has 2 fully saturated rings. The normalized spacial score (nSPS) is 32.4. The third-order valence-electron chi connectivity index (χ3n) is 10.2. The van der Waals surface area contributed by atoms with Gasteiger partial charge in [-0.05, 0) is 53.7 Å². The molecule has 4 nitrogen and oxygen atoms in total. The second-order valence-corrected chi connectivity index (χ2v) is 24.4. The minimum Gasteiger partial charge on any atom is -0.413 e. The molecule has 2 aliphatic rings. The maximum absolute atomic E-state index is 13.6. The third-order valence-corrected chi connectivity index (χ3v) is 17.3. The first kappa shape index (κ1) is 31.7. The average Bonchev–Trinajstić information content (AvgIpc) is 3.06. The summed E-state index contributed by atoms with van der Waals surface area (Å²) in [5.41, 5.74) is 1.86. The van der Waals surface area contributed by atoms with E-state index in [1.165, 1.54) is 0 Å². The summed E-state index contributed by atoms with van der Waals surface area (Å²) in [6, 6.07) is 10.3. The fourth-order valence-corrected chi connectivity index (χ4v) is 15.4. The highest BCUT2D eigenvalue weighted by molar-refractivity contribution is 6.77. The summed E-state index contributed by atoms with van der Waals surface area (Å²) < 4.78 is 21.3. The molecule has 216 valence electrons. The maximum Gasteiger partial charge on any atom is 0.200 e. The van der Waals surface area contributed by atoms with E-state index in [0.29, 0.717) is 42.0 Å². The lowest BCUT2D eigenvalue weighted by Crippen LogP contribution is -2.65. The second kappa shape index (κ2) is 11.6. The standard InChI is InChI=1S/C32H56O4Si2/c1-22(2)38(23(3)4,24(5)6)35-30-19-32(36-37(10,11)12)28(25(30)7)18-29(33)26(8)31(32,9)21-34-20-27-16-14-13-15-17-27/h13-17,22-26,28,30H,18-21H2,1-12H3/t25-,26-,28-,30+,31-,32-/m0/s1. The van der Waals surface area contributed by atoms with Crippen molar-refractivity contribution in [1.29, 1.82) is 0 Å². The van der Waals surface area contributed by atoms with Crippen molar-refractivity contribution in [1.82, 2.24) is 0 Å². The van der Waals surface area contributed by atoms with E-state index < -0.39 is 27.7 Å². The zero-order valence-corrected chi connectivity index (χ0v) is 28.4. The van der Waals surface area contributed by atoms with Gasteiger partial charge in [-0.25, -0.2) is 0 Å². The molecule has 0 unspecified atom stereocenters. The van der Waals surface area contributed by atoms with Crippen molar-refractivity contribution in [2.75, 3.05) is 6.61 Å². The van der Waals surface area contributed by atoms with Crippen LogP contribution >= 0.6 is 0 Å². The van der Waals surface area contributed by atoms with Gasteiger partial charge in [-0.3, -0.25) is 4.79 Å². The van der Waals surface area contributed by atoms with E-state index >= 15 is 0 Å². The van der Waals surface area contributed by atoms with E-state index in [1.54, 1.807) is 0 Å². The molecule has 0 aliphatic heterocycles. The SMILES string of the molecule is CC(C)[Si](O[C@@H]1C[C@]2(O[Si](C)(C)C)[C@@H](CC(=O)[C@H](C)[C@]2(C)COCc2ccccc2)[C@@H]1C)(C(C)C)C(C)C. The van der Waals surface area contributed by atoms with E-state index in [2.05, 4.69) is 94.1 Å². The fourth-order valence-electron chi connectivity index (χ4n) is 8.24. The molecule has 2 aliphatic carbocycles. The van der Waals surface area contributed by atoms with Crippen LogP contribution in [0.2, 0.25) is 36.3 Å². The van der Waals surface area contributed by atoms with Crippen LogP contribution in [0.3, 0.4) is 0 Å². The lowest BCUT2D eigenvalue weighted by molar-refractivity contribution is -0.183. The molecule has 0 spiro atoms. The first-order valence-corrected chi connectivity index (χ1v) is 20.6. The number of benzene rings is 1. The van der Waals surface area contributed by atoms with E-state index in [9.17, 15) is 4.79 Å². The van der Waals surface area contributed by atoms with Gasteiger partial charge in [-0.15, -0.1) is 0 Å². The molecule has 0 amide bonds. The van der Waals surface area contributed by atoms with E-state index in [0.717, 1.165) is 12.0 Å². The number of rotatable bonds is 11. The Morgan fingerprint density at radius 3 is 2.00 bits per heavy atom. The smallest absolute Gasteiger partial charge is 0.200 e. The van der Waals surface area contributed by atoms with Crippen LogP contribution < -0.4 is 0 Å². The summed E-state index contributed by atoms with van der Waals surface area (Å²) in [6.45, 7) is 28.8. The van der Waals surface area contributed by atoms with Crippen LogP contribution in [0.25, 0.3) is 0 Å². The van der Waals surface area contributed by atoms with Gasteiger partial charge in [-0.2, -0.15) is 0 Å². The van der Waals surface area contributed by atoms with E-state index in [1.807, 2.05) is 18.2 Å². The summed E-state index contributed by atoms with van der Waals surface area (Å²) in [6.07, 6.45) is 1.54. The molecular weight excluding hydrogens is 505 g/mol. The highest BCUT2D eigenvalue weighted by Crippen LogP contribution is 2.62. The predicted octanol–water partition coefficient (Wildman–Crippen LogP) is 8.63. The Labute approximate surface area is 235 Å². The number of ketones is 1. The van der Waals surface area contributed by atoms with Crippen molar-refractivity contribution in [2.45, 2.75) is 130 Å². The van der Waals surface area contributed by atoms with Gasteiger partial charge in [0, 0.05) is 24.2 Å². The van der Waals surface area contributed by atoms with Crippen LogP contribution in [0.5, 0.6) is 0 Å². The monoisotopic (exact) mass is 560 g/mol.